The number of ether oxygens (including phenoxy) is 1. The number of nitrogens with one attached hydrogen (secondary N) is 1. The van der Waals surface area contributed by atoms with Crippen molar-refractivity contribution in [1.82, 2.24) is 20.3 Å². The summed E-state index contributed by atoms with van der Waals surface area (Å²) in [5, 5.41) is 2.54. The summed E-state index contributed by atoms with van der Waals surface area (Å²) in [6.07, 6.45) is 0. The van der Waals surface area contributed by atoms with E-state index in [0.29, 0.717) is 5.56 Å². The minimum Gasteiger partial charge on any atom is -0.456 e. The Labute approximate surface area is 132 Å². The van der Waals surface area contributed by atoms with Crippen LogP contribution in [-0.2, 0) is 16.1 Å². The van der Waals surface area contributed by atoms with Crippen LogP contribution in [-0.4, -0.2) is 32.9 Å². The molecule has 0 fully saturated rings. The van der Waals surface area contributed by atoms with E-state index in [0.717, 1.165) is 0 Å². The van der Waals surface area contributed by atoms with Gasteiger partial charge in [0, 0.05) is 5.56 Å². The summed E-state index contributed by atoms with van der Waals surface area (Å²) in [7, 11) is 0. The van der Waals surface area contributed by atoms with Crippen molar-refractivity contribution >= 4 is 23.8 Å². The van der Waals surface area contributed by atoms with Crippen molar-refractivity contribution in [2.45, 2.75) is 19.6 Å². The maximum absolute atomic E-state index is 11.9. The van der Waals surface area contributed by atoms with Crippen molar-refractivity contribution in [3.63, 3.8) is 0 Å². The molecule has 0 aliphatic rings. The lowest BCUT2D eigenvalue weighted by Crippen LogP contribution is -2.39. The molecule has 1 aromatic heterocycles. The van der Waals surface area contributed by atoms with Gasteiger partial charge in [0.15, 0.2) is 12.4 Å². The lowest BCUT2D eigenvalue weighted by atomic mass is 10.2. The highest BCUT2D eigenvalue weighted by Gasteiger charge is 2.18. The lowest BCUT2D eigenvalue weighted by Gasteiger charge is -2.13. The Kier molecular flexibility index (Phi) is 5.03. The second kappa shape index (κ2) is 7.16. The Balaban J connectivity index is 1.89. The maximum atomic E-state index is 11.9. The number of amides is 1. The van der Waals surface area contributed by atoms with Crippen LogP contribution in [0.25, 0.3) is 0 Å². The predicted octanol–water partition coefficient (Wildman–Crippen LogP) is -0.102. The molecule has 0 bridgehead atoms. The number of esters is 1. The number of hydrogen-bond donors (Lipinski definition) is 3. The van der Waals surface area contributed by atoms with E-state index >= 15 is 0 Å². The molecule has 1 aromatic carbocycles. The minimum absolute atomic E-state index is 0.0611. The molecule has 1 amide bonds. The predicted molar refractivity (Wildman–Crippen MR) is 81.8 cm³/mol. The van der Waals surface area contributed by atoms with Gasteiger partial charge in [-0.2, -0.15) is 15.0 Å². The van der Waals surface area contributed by atoms with Crippen LogP contribution in [0.5, 0.6) is 0 Å². The zero-order chi connectivity index (χ0) is 16.8. The third kappa shape index (κ3) is 4.63. The van der Waals surface area contributed by atoms with Gasteiger partial charge in [-0.1, -0.05) is 18.2 Å². The number of anilines is 2. The Morgan fingerprint density at radius 1 is 1.13 bits per heavy atom. The van der Waals surface area contributed by atoms with E-state index in [1.54, 1.807) is 30.3 Å². The van der Waals surface area contributed by atoms with E-state index < -0.39 is 12.0 Å². The number of nitrogen functional groups attached to an aromatic ring is 2. The first-order chi connectivity index (χ1) is 11.0. The summed E-state index contributed by atoms with van der Waals surface area (Å²) in [5.74, 6) is -0.997. The van der Waals surface area contributed by atoms with Crippen LogP contribution in [0.4, 0.5) is 11.9 Å². The van der Waals surface area contributed by atoms with Crippen molar-refractivity contribution in [1.29, 1.82) is 0 Å². The highest BCUT2D eigenvalue weighted by molar-refractivity contribution is 5.96. The monoisotopic (exact) mass is 316 g/mol. The summed E-state index contributed by atoms with van der Waals surface area (Å²) >= 11 is 0. The zero-order valence-corrected chi connectivity index (χ0v) is 12.4. The Morgan fingerprint density at radius 2 is 1.74 bits per heavy atom. The number of hydrogen-bond acceptors (Lipinski definition) is 8. The fourth-order valence-electron chi connectivity index (χ4n) is 1.71. The second-order valence-electron chi connectivity index (χ2n) is 4.64. The van der Waals surface area contributed by atoms with Gasteiger partial charge < -0.3 is 21.5 Å². The molecule has 23 heavy (non-hydrogen) atoms. The van der Waals surface area contributed by atoms with Crippen molar-refractivity contribution < 1.29 is 14.3 Å². The van der Waals surface area contributed by atoms with Crippen molar-refractivity contribution in [3.8, 4) is 0 Å². The van der Waals surface area contributed by atoms with Gasteiger partial charge >= 0.3 is 5.97 Å². The maximum Gasteiger partial charge on any atom is 0.328 e. The van der Waals surface area contributed by atoms with Crippen LogP contribution in [0.1, 0.15) is 23.1 Å². The van der Waals surface area contributed by atoms with Gasteiger partial charge in [0.25, 0.3) is 5.91 Å². The number of carbonyl (C=O) groups excluding carboxylic acids is 2. The quantitative estimate of drug-likeness (QED) is 0.648. The molecule has 5 N–H and O–H groups in total. The van der Waals surface area contributed by atoms with E-state index in [-0.39, 0.29) is 30.2 Å². The molecule has 0 spiro atoms. The lowest BCUT2D eigenvalue weighted by molar-refractivity contribution is -0.147. The van der Waals surface area contributed by atoms with E-state index in [2.05, 4.69) is 20.3 Å². The molecule has 2 rings (SSSR count). The molecule has 0 saturated heterocycles. The smallest absolute Gasteiger partial charge is 0.328 e. The van der Waals surface area contributed by atoms with Gasteiger partial charge in [-0.3, -0.25) is 4.79 Å². The van der Waals surface area contributed by atoms with Gasteiger partial charge in [0.2, 0.25) is 11.9 Å². The molecule has 0 aliphatic carbocycles. The number of rotatable bonds is 5. The van der Waals surface area contributed by atoms with Crippen molar-refractivity contribution in [2.24, 2.45) is 0 Å². The second-order valence-corrected chi connectivity index (χ2v) is 4.64. The molecular weight excluding hydrogens is 300 g/mol. The topological polar surface area (TPSA) is 146 Å². The van der Waals surface area contributed by atoms with Gasteiger partial charge in [0.05, 0.1) is 0 Å². The first kappa shape index (κ1) is 16.1. The molecule has 1 atom stereocenters. The molecule has 0 saturated carbocycles. The normalized spacial score (nSPS) is 11.5. The average Bonchev–Trinajstić information content (AvgIpc) is 2.52. The van der Waals surface area contributed by atoms with Gasteiger partial charge in [-0.15, -0.1) is 0 Å². The molecule has 9 heteroatoms. The van der Waals surface area contributed by atoms with E-state index in [1.807, 2.05) is 0 Å². The fraction of sp³-hybridized carbons (Fsp3) is 0.214. The van der Waals surface area contributed by atoms with Gasteiger partial charge in [-0.25, -0.2) is 4.79 Å². The summed E-state index contributed by atoms with van der Waals surface area (Å²) in [6, 6.07) is 7.70. The van der Waals surface area contributed by atoms with Crippen molar-refractivity contribution in [3.05, 3.63) is 41.7 Å². The average molecular weight is 316 g/mol. The SMILES string of the molecule is C[C@H](NC(=O)c1ccccc1)C(=O)OCc1nc(N)nc(N)n1. The zero-order valence-electron chi connectivity index (χ0n) is 12.4. The fourth-order valence-corrected chi connectivity index (χ4v) is 1.71. The molecule has 0 aliphatic heterocycles. The minimum atomic E-state index is -0.834. The summed E-state index contributed by atoms with van der Waals surface area (Å²) in [6.45, 7) is 1.29. The van der Waals surface area contributed by atoms with Crippen LogP contribution < -0.4 is 16.8 Å². The van der Waals surface area contributed by atoms with Gasteiger partial charge in [0.1, 0.15) is 6.04 Å². The summed E-state index contributed by atoms with van der Waals surface area (Å²) in [5.41, 5.74) is 11.3. The largest absolute Gasteiger partial charge is 0.456 e. The molecule has 2 aromatic rings. The van der Waals surface area contributed by atoms with E-state index in [9.17, 15) is 9.59 Å². The standard InChI is InChI=1S/C14H16N6O3/c1-8(17-11(21)9-5-3-2-4-6-9)12(22)23-7-10-18-13(15)20-14(16)19-10/h2-6,8H,7H2,1H3,(H,17,21)(H4,15,16,18,19,20)/t8-/m0/s1. The first-order valence-corrected chi connectivity index (χ1v) is 6.74. The molecular formula is C14H16N6O3. The van der Waals surface area contributed by atoms with Crippen LogP contribution >= 0.6 is 0 Å². The number of nitrogens with two attached hydrogens (primary N) is 2. The molecule has 9 nitrogen and oxygen atoms in total. The Bertz CT molecular complexity index is 687. The molecule has 0 unspecified atom stereocenters. The van der Waals surface area contributed by atoms with Crippen LogP contribution in [0, 0.1) is 0 Å². The van der Waals surface area contributed by atoms with Crippen LogP contribution in [0.2, 0.25) is 0 Å². The Morgan fingerprint density at radius 3 is 2.35 bits per heavy atom. The van der Waals surface area contributed by atoms with Crippen molar-refractivity contribution in [2.75, 3.05) is 11.5 Å². The third-order valence-corrected chi connectivity index (χ3v) is 2.80. The number of benzene rings is 1. The van der Waals surface area contributed by atoms with Crippen LogP contribution in [0.15, 0.2) is 30.3 Å². The summed E-state index contributed by atoms with van der Waals surface area (Å²) < 4.78 is 5.02. The van der Waals surface area contributed by atoms with Crippen LogP contribution in [0.3, 0.4) is 0 Å². The van der Waals surface area contributed by atoms with E-state index in [1.165, 1.54) is 6.92 Å². The Hall–Kier alpha value is -3.23. The highest BCUT2D eigenvalue weighted by atomic mass is 16.5. The molecule has 1 heterocycles. The highest BCUT2D eigenvalue weighted by Crippen LogP contribution is 2.03. The van der Waals surface area contributed by atoms with Gasteiger partial charge in [-0.05, 0) is 19.1 Å². The summed E-state index contributed by atoms with van der Waals surface area (Å²) in [4.78, 5) is 35.0. The molecule has 0 radical (unpaired) electrons. The third-order valence-electron chi connectivity index (χ3n) is 2.80. The molecule has 120 valence electrons. The number of nitrogens with zero attached hydrogens (tertiary/aromatic N) is 3. The van der Waals surface area contributed by atoms with E-state index in [4.69, 9.17) is 16.2 Å². The number of carbonyl (C=O) groups is 2. The number of aromatic nitrogens is 3. The first-order valence-electron chi connectivity index (χ1n) is 6.74.